The zero-order chi connectivity index (χ0) is 16.4. The molecule has 0 bridgehead atoms. The second kappa shape index (κ2) is 6.46. The van der Waals surface area contributed by atoms with Crippen molar-refractivity contribution < 1.29 is 13.9 Å². The van der Waals surface area contributed by atoms with Gasteiger partial charge < -0.3 is 10.5 Å². The molecule has 0 saturated carbocycles. The summed E-state index contributed by atoms with van der Waals surface area (Å²) < 4.78 is 18.9. The molecule has 0 spiro atoms. The number of anilines is 1. The summed E-state index contributed by atoms with van der Waals surface area (Å²) in [5.74, 6) is 2.40. The molecule has 1 atom stereocenters. The number of ether oxygens (including phenoxy) is 1. The van der Waals surface area contributed by atoms with Gasteiger partial charge >= 0.3 is 5.97 Å². The van der Waals surface area contributed by atoms with Crippen molar-refractivity contribution in [2.45, 2.75) is 4.90 Å². The summed E-state index contributed by atoms with van der Waals surface area (Å²) in [7, 11) is 1.03. The van der Waals surface area contributed by atoms with Crippen molar-refractivity contribution >= 4 is 39.6 Å². The quantitative estimate of drug-likeness (QED) is 0.685. The van der Waals surface area contributed by atoms with Gasteiger partial charge in [-0.25, -0.2) is 14.2 Å². The number of rotatable bonds is 3. The predicted octanol–water partition coefficient (Wildman–Crippen LogP) is 3.60. The van der Waals surface area contributed by atoms with E-state index in [1.807, 2.05) is 18.4 Å². The number of nitrogen functional groups attached to an aromatic ring is 1. The van der Waals surface area contributed by atoms with Crippen LogP contribution in [0.15, 0.2) is 29.2 Å². The smallest absolute Gasteiger partial charge is 0.358 e. The van der Waals surface area contributed by atoms with E-state index in [1.165, 1.54) is 7.11 Å². The van der Waals surface area contributed by atoms with E-state index in [9.17, 15) is 9.18 Å². The lowest BCUT2D eigenvalue weighted by Gasteiger charge is -2.11. The number of nitrogens with zero attached hydrogens (tertiary/aromatic N) is 1. The fraction of sp³-hybridized carbons (Fsp3) is 0.133. The van der Waals surface area contributed by atoms with Crippen LogP contribution in [0.25, 0.3) is 11.3 Å². The maximum Gasteiger partial charge on any atom is 0.358 e. The van der Waals surface area contributed by atoms with E-state index in [0.717, 1.165) is 4.90 Å². The van der Waals surface area contributed by atoms with Crippen LogP contribution < -0.4 is 5.73 Å². The Hall–Kier alpha value is -1.92. The van der Waals surface area contributed by atoms with Gasteiger partial charge in [-0.2, -0.15) is 10.5 Å². The first-order valence-electron chi connectivity index (χ1n) is 6.15. The van der Waals surface area contributed by atoms with Crippen molar-refractivity contribution in [3.05, 3.63) is 40.8 Å². The maximum absolute atomic E-state index is 14.3. The zero-order valence-electron chi connectivity index (χ0n) is 12.0. The molecule has 0 aliphatic carbocycles. The predicted molar refractivity (Wildman–Crippen MR) is 89.3 cm³/mol. The number of aromatic nitrogens is 1. The number of nitrogens with two attached hydrogens (primary N) is 1. The number of benzene rings is 1. The standard InChI is InChI=1S/C15H14ClFN2O2S/c1-21-15(20)14-10(16)12(18)11(17)13(19-14)8-4-6-9(7-5-8)22(2)3/h4-7H,2H2,1,3H3,(H2,18,19). The molecule has 0 aliphatic rings. The van der Waals surface area contributed by atoms with Gasteiger partial charge in [-0.3, -0.25) is 0 Å². The summed E-state index contributed by atoms with van der Waals surface area (Å²) in [6.07, 6.45) is 1.98. The van der Waals surface area contributed by atoms with Gasteiger partial charge in [-0.1, -0.05) is 29.6 Å². The van der Waals surface area contributed by atoms with Gasteiger partial charge in [-0.15, -0.1) is 0 Å². The summed E-state index contributed by atoms with van der Waals surface area (Å²) in [6.45, 7) is 0. The third kappa shape index (κ3) is 2.98. The summed E-state index contributed by atoms with van der Waals surface area (Å²) in [4.78, 5) is 16.7. The average molecular weight is 341 g/mol. The number of pyridine rings is 1. The van der Waals surface area contributed by atoms with Crippen LogP contribution in [0.3, 0.4) is 0 Å². The highest BCUT2D eigenvalue weighted by molar-refractivity contribution is 8.13. The fourth-order valence-electron chi connectivity index (χ4n) is 1.83. The second-order valence-corrected chi connectivity index (χ2v) is 6.63. The topological polar surface area (TPSA) is 65.2 Å². The molecule has 0 aliphatic heterocycles. The number of hydrogen-bond donors (Lipinski definition) is 1. The zero-order valence-corrected chi connectivity index (χ0v) is 13.6. The van der Waals surface area contributed by atoms with E-state index in [1.54, 1.807) is 12.1 Å². The monoisotopic (exact) mass is 340 g/mol. The Labute approximate surface area is 135 Å². The molecular weight excluding hydrogens is 327 g/mol. The summed E-state index contributed by atoms with van der Waals surface area (Å²) in [5, 5.41) is -0.252. The van der Waals surface area contributed by atoms with Crippen LogP contribution in [0.5, 0.6) is 0 Å². The van der Waals surface area contributed by atoms with E-state index in [-0.39, 0.29) is 32.6 Å². The normalized spacial score (nSPS) is 12.0. The number of carbonyl (C=O) groups excluding carboxylic acids is 1. The molecule has 22 heavy (non-hydrogen) atoms. The van der Waals surface area contributed by atoms with Gasteiger partial charge in [0.1, 0.15) is 5.69 Å². The molecule has 0 fully saturated rings. The van der Waals surface area contributed by atoms with Crippen LogP contribution >= 0.6 is 22.1 Å². The minimum Gasteiger partial charge on any atom is -0.464 e. The van der Waals surface area contributed by atoms with Crippen LogP contribution in [-0.2, 0) is 4.74 Å². The summed E-state index contributed by atoms with van der Waals surface area (Å²) >= 11 is 5.86. The summed E-state index contributed by atoms with van der Waals surface area (Å²) in [5.41, 5.74) is 5.52. The van der Waals surface area contributed by atoms with Gasteiger partial charge in [0.15, 0.2) is 11.5 Å². The molecule has 1 unspecified atom stereocenters. The number of carbonyl (C=O) groups is 1. The number of hydrogen-bond acceptors (Lipinski definition) is 4. The molecule has 0 amide bonds. The van der Waals surface area contributed by atoms with Gasteiger partial charge in [0.25, 0.3) is 0 Å². The van der Waals surface area contributed by atoms with E-state index in [0.29, 0.717) is 5.56 Å². The minimum atomic E-state index is -0.776. The van der Waals surface area contributed by atoms with Gasteiger partial charge in [-0.05, 0) is 18.4 Å². The molecule has 116 valence electrons. The van der Waals surface area contributed by atoms with Crippen LogP contribution in [0.4, 0.5) is 10.1 Å². The van der Waals surface area contributed by atoms with E-state index >= 15 is 0 Å². The van der Waals surface area contributed by atoms with Crippen LogP contribution in [0.2, 0.25) is 5.02 Å². The van der Waals surface area contributed by atoms with Crippen molar-refractivity contribution in [1.82, 2.24) is 4.98 Å². The van der Waals surface area contributed by atoms with E-state index in [2.05, 4.69) is 15.6 Å². The van der Waals surface area contributed by atoms with Crippen molar-refractivity contribution in [2.75, 3.05) is 19.1 Å². The van der Waals surface area contributed by atoms with Crippen molar-refractivity contribution in [1.29, 1.82) is 0 Å². The molecule has 1 aromatic heterocycles. The SMILES string of the molecule is C=S(C)c1ccc(-c2nc(C(=O)OC)c(Cl)c(N)c2F)cc1. The highest BCUT2D eigenvalue weighted by atomic mass is 35.5. The van der Waals surface area contributed by atoms with Gasteiger partial charge in [0, 0.05) is 10.5 Å². The van der Waals surface area contributed by atoms with Crippen molar-refractivity contribution in [3.63, 3.8) is 0 Å². The Morgan fingerprint density at radius 3 is 2.50 bits per heavy atom. The van der Waals surface area contributed by atoms with Crippen molar-refractivity contribution in [3.8, 4) is 11.3 Å². The Balaban J connectivity index is 2.62. The van der Waals surface area contributed by atoms with Crippen LogP contribution in [0.1, 0.15) is 10.5 Å². The Bertz CT molecular complexity index is 763. The maximum atomic E-state index is 14.3. The van der Waals surface area contributed by atoms with E-state index in [4.69, 9.17) is 17.3 Å². The first-order valence-corrected chi connectivity index (χ1v) is 8.33. The Morgan fingerprint density at radius 2 is 2.00 bits per heavy atom. The molecular formula is C15H14ClFN2O2S. The molecule has 1 aromatic carbocycles. The molecule has 2 rings (SSSR count). The average Bonchev–Trinajstić information content (AvgIpc) is 2.52. The highest BCUT2D eigenvalue weighted by Crippen LogP contribution is 2.33. The lowest BCUT2D eigenvalue weighted by atomic mass is 10.1. The highest BCUT2D eigenvalue weighted by Gasteiger charge is 2.22. The largest absolute Gasteiger partial charge is 0.464 e. The Kier molecular flexibility index (Phi) is 4.83. The lowest BCUT2D eigenvalue weighted by Crippen LogP contribution is -2.10. The molecule has 2 aromatic rings. The van der Waals surface area contributed by atoms with E-state index < -0.39 is 11.8 Å². The van der Waals surface area contributed by atoms with Crippen LogP contribution in [-0.4, -0.2) is 30.2 Å². The first kappa shape index (κ1) is 16.5. The third-order valence-electron chi connectivity index (χ3n) is 3.02. The molecule has 1 heterocycles. The molecule has 4 nitrogen and oxygen atoms in total. The molecule has 2 N–H and O–H groups in total. The minimum absolute atomic E-state index is 0.0473. The number of esters is 1. The third-order valence-corrected chi connectivity index (χ3v) is 4.48. The summed E-state index contributed by atoms with van der Waals surface area (Å²) in [6, 6.07) is 7.05. The van der Waals surface area contributed by atoms with Gasteiger partial charge in [0.2, 0.25) is 0 Å². The van der Waals surface area contributed by atoms with Crippen LogP contribution in [0, 0.1) is 5.82 Å². The number of halogens is 2. The lowest BCUT2D eigenvalue weighted by molar-refractivity contribution is 0.0594. The first-order chi connectivity index (χ1) is 10.4. The van der Waals surface area contributed by atoms with Gasteiger partial charge in [0.05, 0.1) is 17.8 Å². The number of methoxy groups -OCH3 is 1. The Morgan fingerprint density at radius 1 is 1.41 bits per heavy atom. The van der Waals surface area contributed by atoms with Crippen molar-refractivity contribution in [2.24, 2.45) is 0 Å². The molecule has 7 heteroatoms. The molecule has 0 saturated heterocycles. The second-order valence-electron chi connectivity index (χ2n) is 4.50. The molecule has 0 radical (unpaired) electrons. The fourth-order valence-corrected chi connectivity index (χ4v) is 2.63.